The lowest BCUT2D eigenvalue weighted by atomic mass is 10.1. The van der Waals surface area contributed by atoms with E-state index in [0.717, 1.165) is 53.0 Å². The maximum absolute atomic E-state index is 12.9. The van der Waals surface area contributed by atoms with E-state index in [4.69, 9.17) is 18.3 Å². The molecular formula is C43H65BrO5Si2. The van der Waals surface area contributed by atoms with Crippen molar-refractivity contribution in [2.45, 2.75) is 149 Å². The minimum atomic E-state index is -1.47. The van der Waals surface area contributed by atoms with Gasteiger partial charge < -0.3 is 18.3 Å². The van der Waals surface area contributed by atoms with Crippen molar-refractivity contribution in [2.75, 3.05) is 6.61 Å². The van der Waals surface area contributed by atoms with E-state index >= 15 is 0 Å². The third-order valence-electron chi connectivity index (χ3n) is 8.99. The number of rotatable bonds is 25. The summed E-state index contributed by atoms with van der Waals surface area (Å²) >= 11 is 3.57. The number of ether oxygens (including phenoxy) is 3. The highest BCUT2D eigenvalue weighted by Gasteiger charge is 2.28. The van der Waals surface area contributed by atoms with Crippen LogP contribution in [0.2, 0.25) is 38.8 Å². The molecule has 0 aromatic heterocycles. The highest BCUT2D eigenvalue weighted by atomic mass is 79.9. The molecule has 1 atom stereocenters. The molecule has 0 saturated heterocycles. The number of hydrogen-bond donors (Lipinski definition) is 0. The summed E-state index contributed by atoms with van der Waals surface area (Å²) in [5.41, 5.74) is 2.61. The molecule has 3 rings (SSSR count). The molecule has 0 bridgehead atoms. The first-order chi connectivity index (χ1) is 24.3. The van der Waals surface area contributed by atoms with Gasteiger partial charge in [-0.05, 0) is 134 Å². The molecule has 8 heteroatoms. The van der Waals surface area contributed by atoms with Crippen molar-refractivity contribution in [2.24, 2.45) is 0 Å². The number of carbonyl (C=O) groups is 1. The van der Waals surface area contributed by atoms with Crippen LogP contribution in [0.15, 0.2) is 71.2 Å². The van der Waals surface area contributed by atoms with Crippen LogP contribution in [0.5, 0.6) is 17.2 Å². The van der Waals surface area contributed by atoms with Crippen LogP contribution >= 0.6 is 15.9 Å². The highest BCUT2D eigenvalue weighted by molar-refractivity contribution is 9.10. The van der Waals surface area contributed by atoms with E-state index in [1.165, 1.54) is 76.7 Å². The van der Waals surface area contributed by atoms with Crippen molar-refractivity contribution in [3.63, 3.8) is 0 Å². The van der Waals surface area contributed by atoms with Crippen molar-refractivity contribution >= 4 is 38.5 Å². The Hall–Kier alpha value is -2.40. The zero-order valence-corrected chi connectivity index (χ0v) is 36.2. The number of unbranched alkanes of at least 4 members (excludes halogenated alkanes) is 11. The van der Waals surface area contributed by atoms with Gasteiger partial charge in [-0.2, -0.15) is 0 Å². The first-order valence-electron chi connectivity index (χ1n) is 19.6. The molecule has 0 N–H and O–H groups in total. The number of carbonyl (C=O) groups excluding carboxylic acids is 1. The average Bonchev–Trinajstić information content (AvgIpc) is 3.07. The van der Waals surface area contributed by atoms with Crippen LogP contribution in [0.1, 0.15) is 114 Å². The summed E-state index contributed by atoms with van der Waals surface area (Å²) in [7, 11) is -2.88. The van der Waals surface area contributed by atoms with Gasteiger partial charge in [0.1, 0.15) is 17.2 Å². The van der Waals surface area contributed by atoms with Crippen LogP contribution in [0.25, 0.3) is 11.1 Å². The minimum Gasteiger partial charge on any atom is -0.494 e. The first-order valence-corrected chi connectivity index (χ1v) is 26.9. The molecule has 3 aromatic rings. The fourth-order valence-corrected chi connectivity index (χ4v) is 15.1. The molecule has 5 nitrogen and oxygen atoms in total. The molecule has 0 radical (unpaired) electrons. The van der Waals surface area contributed by atoms with Crippen molar-refractivity contribution < 1.29 is 23.1 Å². The maximum atomic E-state index is 12.9. The first kappa shape index (κ1) is 43.0. The van der Waals surface area contributed by atoms with Gasteiger partial charge in [0, 0.05) is 0 Å². The molecule has 0 aliphatic rings. The van der Waals surface area contributed by atoms with Gasteiger partial charge in [-0.15, -0.1) is 0 Å². The van der Waals surface area contributed by atoms with Gasteiger partial charge in [-0.3, -0.25) is 0 Å². The summed E-state index contributed by atoms with van der Waals surface area (Å²) in [6.07, 6.45) is 17.7. The smallest absolute Gasteiger partial charge is 0.343 e. The van der Waals surface area contributed by atoms with Gasteiger partial charge in [0.05, 0.1) is 22.7 Å². The molecule has 0 heterocycles. The summed E-state index contributed by atoms with van der Waals surface area (Å²) in [6.45, 7) is 16.8. The summed E-state index contributed by atoms with van der Waals surface area (Å²) in [5.74, 6) is 1.74. The lowest BCUT2D eigenvalue weighted by Crippen LogP contribution is -2.42. The molecule has 0 amide bonds. The monoisotopic (exact) mass is 796 g/mol. The molecule has 0 saturated carbocycles. The summed E-state index contributed by atoms with van der Waals surface area (Å²) < 4.78 is 25.0. The van der Waals surface area contributed by atoms with Gasteiger partial charge >= 0.3 is 5.97 Å². The average molecular weight is 798 g/mol. The Morgan fingerprint density at radius 2 is 1.24 bits per heavy atom. The molecular weight excluding hydrogens is 733 g/mol. The van der Waals surface area contributed by atoms with Crippen molar-refractivity contribution in [1.82, 2.24) is 0 Å². The number of esters is 1. The Labute approximate surface area is 320 Å². The molecule has 0 fully saturated rings. The third-order valence-corrected chi connectivity index (χ3v) is 15.8. The number of benzene rings is 3. The molecule has 0 aliphatic carbocycles. The topological polar surface area (TPSA) is 54.0 Å². The third kappa shape index (κ3) is 17.8. The van der Waals surface area contributed by atoms with Crippen LogP contribution in [0, 0.1) is 0 Å². The van der Waals surface area contributed by atoms with E-state index < -0.39 is 22.6 Å². The van der Waals surface area contributed by atoms with Crippen molar-refractivity contribution in [3.8, 4) is 28.4 Å². The van der Waals surface area contributed by atoms with Crippen LogP contribution in [0.3, 0.4) is 0 Å². The SMILES string of the molecule is CCCCCCC(C)Oc1ccc(C(=O)Oc2ccc(-c3ccc(OCCCCCCCCCCC[Si](C)(C)O[Si](C)(C)C)cc3)cc2)cc1Br. The zero-order chi connectivity index (χ0) is 37.1. The second-order valence-electron chi connectivity index (χ2n) is 15.6. The lowest BCUT2D eigenvalue weighted by Gasteiger charge is -2.31. The Balaban J connectivity index is 1.29. The second-order valence-corrected chi connectivity index (χ2v) is 25.5. The van der Waals surface area contributed by atoms with Gasteiger partial charge in [0.2, 0.25) is 0 Å². The van der Waals surface area contributed by atoms with E-state index in [0.29, 0.717) is 11.3 Å². The highest BCUT2D eigenvalue weighted by Crippen LogP contribution is 2.30. The van der Waals surface area contributed by atoms with Gasteiger partial charge in [0.25, 0.3) is 0 Å². The fraction of sp³-hybridized carbons (Fsp3) is 0.558. The second kappa shape index (κ2) is 22.6. The van der Waals surface area contributed by atoms with Gasteiger partial charge in [-0.1, -0.05) is 102 Å². The zero-order valence-electron chi connectivity index (χ0n) is 32.7. The fourth-order valence-electron chi connectivity index (χ4n) is 6.44. The molecule has 1 unspecified atom stereocenters. The van der Waals surface area contributed by atoms with Crippen LogP contribution in [-0.2, 0) is 4.12 Å². The van der Waals surface area contributed by atoms with E-state index in [-0.39, 0.29) is 6.10 Å². The van der Waals surface area contributed by atoms with Crippen LogP contribution in [0.4, 0.5) is 0 Å². The Kier molecular flexibility index (Phi) is 19.1. The standard InChI is InChI=1S/C43H65BrO5Si2/c1-8-9-10-18-21-35(2)47-42-31-26-38(34-41(42)44)43(45)48-40-29-24-37(25-30-40)36-22-27-39(28-23-36)46-32-19-16-14-12-11-13-15-17-20-33-51(6,7)49-50(3,4)5/h22-31,34-35H,8-21,32-33H2,1-7H3. The van der Waals surface area contributed by atoms with E-state index in [9.17, 15) is 4.79 Å². The molecule has 3 aromatic carbocycles. The summed E-state index contributed by atoms with van der Waals surface area (Å²) in [4.78, 5) is 12.9. The molecule has 0 spiro atoms. The van der Waals surface area contributed by atoms with E-state index in [1.807, 2.05) is 42.5 Å². The Bertz CT molecular complexity index is 1420. The number of halogens is 1. The quantitative estimate of drug-likeness (QED) is 0.0370. The Morgan fingerprint density at radius 3 is 1.80 bits per heavy atom. The van der Waals surface area contributed by atoms with Gasteiger partial charge in [-0.25, -0.2) is 4.79 Å². The predicted octanol–water partition coefficient (Wildman–Crippen LogP) is 14.0. The van der Waals surface area contributed by atoms with Crippen molar-refractivity contribution in [1.29, 1.82) is 0 Å². The maximum Gasteiger partial charge on any atom is 0.343 e. The van der Waals surface area contributed by atoms with Gasteiger partial charge in [0.15, 0.2) is 16.6 Å². The Morgan fingerprint density at radius 1 is 0.686 bits per heavy atom. The largest absolute Gasteiger partial charge is 0.494 e. The summed E-state index contributed by atoms with van der Waals surface area (Å²) in [5, 5.41) is 0. The molecule has 282 valence electrons. The lowest BCUT2D eigenvalue weighted by molar-refractivity contribution is 0.0734. The number of hydrogen-bond acceptors (Lipinski definition) is 5. The van der Waals surface area contributed by atoms with E-state index in [2.05, 4.69) is 74.6 Å². The van der Waals surface area contributed by atoms with Crippen LogP contribution < -0.4 is 14.2 Å². The van der Waals surface area contributed by atoms with Crippen molar-refractivity contribution in [3.05, 3.63) is 76.8 Å². The predicted molar refractivity (Wildman–Crippen MR) is 224 cm³/mol. The minimum absolute atomic E-state index is 0.119. The van der Waals surface area contributed by atoms with E-state index in [1.54, 1.807) is 12.1 Å². The molecule has 0 aliphatic heterocycles. The summed E-state index contributed by atoms with van der Waals surface area (Å²) in [6, 6.07) is 22.5. The van der Waals surface area contributed by atoms with Crippen LogP contribution in [-0.4, -0.2) is 35.3 Å². The molecule has 51 heavy (non-hydrogen) atoms. The normalized spacial score (nSPS) is 12.5.